The Morgan fingerprint density at radius 2 is 1.62 bits per heavy atom. The van der Waals surface area contributed by atoms with Gasteiger partial charge in [0.25, 0.3) is 0 Å². The third-order valence-electron chi connectivity index (χ3n) is 7.81. The fourth-order valence-electron chi connectivity index (χ4n) is 5.35. The van der Waals surface area contributed by atoms with Crippen molar-refractivity contribution in [1.29, 1.82) is 5.41 Å². The van der Waals surface area contributed by atoms with Gasteiger partial charge in [-0.1, -0.05) is 15.5 Å². The molecule has 0 aromatic carbocycles. The number of aliphatic hydroxyl groups excluding tert-OH is 7. The van der Waals surface area contributed by atoms with Crippen LogP contribution in [0.15, 0.2) is 15.5 Å². The first kappa shape index (κ1) is 36.6. The highest BCUT2D eigenvalue weighted by molar-refractivity contribution is 5.80. The van der Waals surface area contributed by atoms with E-state index >= 15 is 0 Å². The topological polar surface area (TPSA) is 358 Å². The van der Waals surface area contributed by atoms with Crippen LogP contribution < -0.4 is 16.4 Å². The van der Waals surface area contributed by atoms with E-state index in [-0.39, 0.29) is 13.0 Å². The molecular formula is C23H39N7O15. The zero-order valence-corrected chi connectivity index (χ0v) is 23.9. The van der Waals surface area contributed by atoms with E-state index in [1.54, 1.807) is 0 Å². The minimum Gasteiger partial charge on any atom is -0.391 e. The molecule has 0 aromatic heterocycles. The first-order chi connectivity index (χ1) is 21.2. The molecule has 1 aliphatic carbocycles. The van der Waals surface area contributed by atoms with E-state index in [2.05, 4.69) is 26.2 Å². The Hall–Kier alpha value is -2.90. The quantitative estimate of drug-likeness (QED) is 0.0473. The van der Waals surface area contributed by atoms with Crippen LogP contribution in [0.5, 0.6) is 0 Å². The normalized spacial score (nSPS) is 41.4. The summed E-state index contributed by atoms with van der Waals surface area (Å²) in [6.45, 7) is 0.559. The number of rotatable bonds is 14. The van der Waals surface area contributed by atoms with Gasteiger partial charge >= 0.3 is 0 Å². The summed E-state index contributed by atoms with van der Waals surface area (Å²) in [5, 5.41) is 93.5. The van der Waals surface area contributed by atoms with Crippen molar-refractivity contribution < 1.29 is 59.5 Å². The Morgan fingerprint density at radius 1 is 0.956 bits per heavy atom. The number of hydrogen-bond donors (Lipinski definition) is 11. The summed E-state index contributed by atoms with van der Waals surface area (Å²) in [7, 11) is 0. The second-order valence-electron chi connectivity index (χ2n) is 11.0. The second-order valence-corrected chi connectivity index (χ2v) is 11.0. The third kappa shape index (κ3) is 8.48. The maximum absolute atomic E-state index is 12.5. The zero-order valence-electron chi connectivity index (χ0n) is 23.9. The molecule has 0 radical (unpaired) electrons. The van der Waals surface area contributed by atoms with Crippen molar-refractivity contribution in [3.05, 3.63) is 14.7 Å². The van der Waals surface area contributed by atoms with Gasteiger partial charge in [-0.25, -0.2) is 0 Å². The van der Waals surface area contributed by atoms with Crippen LogP contribution in [0.1, 0.15) is 19.8 Å². The van der Waals surface area contributed by atoms with Crippen molar-refractivity contribution in [3.63, 3.8) is 0 Å². The van der Waals surface area contributed by atoms with Crippen molar-refractivity contribution >= 4 is 11.9 Å². The number of aliphatic hydroxyl groups is 7. The molecule has 45 heavy (non-hydrogen) atoms. The molecule has 22 heteroatoms. The fraction of sp³-hybridized carbons (Fsp3) is 0.913. The zero-order chi connectivity index (χ0) is 33.6. The number of amides is 1. The van der Waals surface area contributed by atoms with Crippen molar-refractivity contribution in [2.24, 2.45) is 21.3 Å². The van der Waals surface area contributed by atoms with E-state index < -0.39 is 123 Å². The summed E-state index contributed by atoms with van der Waals surface area (Å²) < 4.78 is 22.6. The predicted octanol–water partition coefficient (Wildman–Crippen LogP) is -5.45. The van der Waals surface area contributed by atoms with Gasteiger partial charge in [-0.15, -0.1) is 0 Å². The van der Waals surface area contributed by atoms with Gasteiger partial charge < -0.3 is 71.1 Å². The highest BCUT2D eigenvalue weighted by atomic mass is 16.7. The van der Waals surface area contributed by atoms with Gasteiger partial charge in [0.05, 0.1) is 18.7 Å². The van der Waals surface area contributed by atoms with Crippen LogP contribution in [0.2, 0.25) is 0 Å². The number of carbonyl (C=O) groups is 1. The highest BCUT2D eigenvalue weighted by Gasteiger charge is 2.55. The smallest absolute Gasteiger partial charge is 0.249 e. The minimum absolute atomic E-state index is 0.255. The number of nitrogens with two attached hydrogens (primary N) is 1. The molecule has 1 amide bonds. The lowest BCUT2D eigenvalue weighted by Gasteiger charge is -2.47. The number of ether oxygens (including phenoxy) is 4. The van der Waals surface area contributed by atoms with Crippen molar-refractivity contribution in [2.75, 3.05) is 13.1 Å². The molecule has 12 N–H and O–H groups in total. The molecule has 3 fully saturated rings. The lowest BCUT2D eigenvalue weighted by molar-refractivity contribution is -0.315. The Kier molecular flexibility index (Phi) is 13.1. The second kappa shape index (κ2) is 16.1. The van der Waals surface area contributed by atoms with E-state index in [9.17, 15) is 55.3 Å². The SMILES string of the molecule is C[C@@H](O)C1O[C@H](O[C@@H]2C(N=O)CC(NC(=O)C(O)CCN=O)[C@@H](O)C2O[C@@H]2O[C@H](CNC(=N)N)C(O)C2O)C(N=O)C(O)[C@@H]1O. The highest BCUT2D eigenvalue weighted by Crippen LogP contribution is 2.35. The van der Waals surface area contributed by atoms with Crippen LogP contribution >= 0.6 is 0 Å². The van der Waals surface area contributed by atoms with Gasteiger partial charge in [0.1, 0.15) is 67.1 Å². The van der Waals surface area contributed by atoms with Crippen molar-refractivity contribution in [1.82, 2.24) is 10.6 Å². The molecule has 0 aromatic rings. The third-order valence-corrected chi connectivity index (χ3v) is 7.81. The first-order valence-corrected chi connectivity index (χ1v) is 14.0. The summed E-state index contributed by atoms with van der Waals surface area (Å²) in [5.74, 6) is -1.52. The van der Waals surface area contributed by atoms with Crippen molar-refractivity contribution in [2.45, 2.75) is 118 Å². The summed E-state index contributed by atoms with van der Waals surface area (Å²) in [6, 6.07) is -4.75. The number of nitrogens with one attached hydrogen (secondary N) is 3. The average Bonchev–Trinajstić information content (AvgIpc) is 3.26. The summed E-state index contributed by atoms with van der Waals surface area (Å²) >= 11 is 0. The van der Waals surface area contributed by atoms with Crippen LogP contribution in [0.25, 0.3) is 0 Å². The number of nitroso groups, excluding NO2 is 3. The van der Waals surface area contributed by atoms with Crippen LogP contribution in [0.3, 0.4) is 0 Å². The number of guanidine groups is 1. The molecule has 9 unspecified atom stereocenters. The molecule has 2 aliphatic heterocycles. The molecule has 3 aliphatic rings. The maximum atomic E-state index is 12.5. The molecule has 256 valence electrons. The Morgan fingerprint density at radius 3 is 2.20 bits per heavy atom. The Balaban J connectivity index is 1.92. The van der Waals surface area contributed by atoms with Crippen molar-refractivity contribution in [3.8, 4) is 0 Å². The molecule has 3 rings (SSSR count). The largest absolute Gasteiger partial charge is 0.391 e. The van der Waals surface area contributed by atoms with Crippen LogP contribution in [-0.4, -0.2) is 159 Å². The summed E-state index contributed by atoms with van der Waals surface area (Å²) in [6.07, 6.45) is -22.6. The Labute approximate surface area is 254 Å². The van der Waals surface area contributed by atoms with E-state index in [0.717, 1.165) is 0 Å². The van der Waals surface area contributed by atoms with Gasteiger partial charge in [0.2, 0.25) is 5.91 Å². The van der Waals surface area contributed by atoms with E-state index in [1.807, 2.05) is 0 Å². The standard InChI is InChI=1S/C23H39N7O15/c1-6(31)17-15(36)14(35)11(30-41)21(43-17)44-18-8(29-40)4-7(28-20(38)9(32)2-3-27-39)12(33)19(18)45-22-16(37)13(34)10(42-22)5-26-23(24)25/h6-19,21-22,31-37H,2-5H2,1H3,(H,28,38)(H4,24,25,26)/t6-,7?,8?,9?,10-,11?,12-,13?,14?,15+,16?,17?,18-,19?,21-,22+/m1/s1. The van der Waals surface area contributed by atoms with Gasteiger partial charge in [-0.2, -0.15) is 14.7 Å². The lowest BCUT2D eigenvalue weighted by atomic mass is 9.83. The predicted molar refractivity (Wildman–Crippen MR) is 146 cm³/mol. The van der Waals surface area contributed by atoms with Crippen LogP contribution in [0, 0.1) is 20.1 Å². The van der Waals surface area contributed by atoms with Gasteiger partial charge in [0.15, 0.2) is 24.6 Å². The summed E-state index contributed by atoms with van der Waals surface area (Å²) in [4.78, 5) is 46.7. The molecular weight excluding hydrogens is 614 g/mol. The minimum atomic E-state index is -1.91. The molecule has 0 spiro atoms. The first-order valence-electron chi connectivity index (χ1n) is 14.0. The number of hydrogen-bond acceptors (Lipinski definition) is 19. The summed E-state index contributed by atoms with van der Waals surface area (Å²) in [5.41, 5.74) is 5.25. The molecule has 1 saturated carbocycles. The van der Waals surface area contributed by atoms with Crippen LogP contribution in [0.4, 0.5) is 0 Å². The maximum Gasteiger partial charge on any atom is 0.249 e. The van der Waals surface area contributed by atoms with Gasteiger partial charge in [-0.05, 0) is 13.3 Å². The molecule has 0 bridgehead atoms. The van der Waals surface area contributed by atoms with E-state index in [4.69, 9.17) is 30.1 Å². The molecule has 22 nitrogen and oxygen atoms in total. The van der Waals surface area contributed by atoms with Crippen LogP contribution in [-0.2, 0) is 23.7 Å². The molecule has 2 saturated heterocycles. The average molecular weight is 654 g/mol. The fourth-order valence-corrected chi connectivity index (χ4v) is 5.35. The number of carbonyl (C=O) groups excluding carboxylic acids is 1. The van der Waals surface area contributed by atoms with E-state index in [0.29, 0.717) is 0 Å². The van der Waals surface area contributed by atoms with E-state index in [1.165, 1.54) is 6.92 Å². The van der Waals surface area contributed by atoms with Gasteiger partial charge in [-0.3, -0.25) is 10.2 Å². The molecule has 16 atom stereocenters. The molecule has 2 heterocycles. The number of nitrogens with zero attached hydrogens (tertiary/aromatic N) is 3. The lowest BCUT2D eigenvalue weighted by Crippen LogP contribution is -2.66. The Bertz CT molecular complexity index is 1040. The monoisotopic (exact) mass is 653 g/mol. The van der Waals surface area contributed by atoms with Gasteiger partial charge in [0, 0.05) is 13.0 Å².